The van der Waals surface area contributed by atoms with Crippen molar-refractivity contribution in [2.24, 2.45) is 0 Å². The average Bonchev–Trinajstić information content (AvgIpc) is 2.60. The number of hydrogen-bond donors (Lipinski definition) is 0. The molecule has 2 atom stereocenters. The van der Waals surface area contributed by atoms with E-state index in [1.807, 2.05) is 13.8 Å². The molecule has 0 N–H and O–H groups in total. The fourth-order valence-corrected chi connectivity index (χ4v) is 3.09. The van der Waals surface area contributed by atoms with Crippen molar-refractivity contribution in [3.63, 3.8) is 0 Å². The van der Waals surface area contributed by atoms with Crippen molar-refractivity contribution in [3.8, 4) is 11.1 Å². The number of aldehydes is 2. The van der Waals surface area contributed by atoms with Crippen LogP contribution in [0.3, 0.4) is 0 Å². The van der Waals surface area contributed by atoms with Gasteiger partial charge < -0.3 is 9.64 Å². The standard InChI is InChI=1S/C18H19N3O3/c1-12-8-21(9-13(2)24-12)18-15(10-22)5-14(7-20-18)17-3-4-19-6-16(17)11-23/h3-7,10-13H,8-9H2,1-2H3. The maximum Gasteiger partial charge on any atom is 0.153 e. The molecular formula is C18H19N3O3. The zero-order valence-electron chi connectivity index (χ0n) is 13.7. The highest BCUT2D eigenvalue weighted by atomic mass is 16.5. The molecule has 124 valence electrons. The van der Waals surface area contributed by atoms with Crippen LogP contribution in [0.2, 0.25) is 0 Å². The number of anilines is 1. The second-order valence-corrected chi connectivity index (χ2v) is 6.00. The van der Waals surface area contributed by atoms with Gasteiger partial charge in [-0.1, -0.05) is 0 Å². The Labute approximate surface area is 140 Å². The summed E-state index contributed by atoms with van der Waals surface area (Å²) >= 11 is 0. The molecule has 6 nitrogen and oxygen atoms in total. The van der Waals surface area contributed by atoms with Crippen LogP contribution in [-0.2, 0) is 4.74 Å². The molecule has 2 unspecified atom stereocenters. The van der Waals surface area contributed by atoms with Crippen LogP contribution >= 0.6 is 0 Å². The second-order valence-electron chi connectivity index (χ2n) is 6.00. The first-order valence-electron chi connectivity index (χ1n) is 7.87. The fraction of sp³-hybridized carbons (Fsp3) is 0.333. The summed E-state index contributed by atoms with van der Waals surface area (Å²) in [4.78, 5) is 33.3. The lowest BCUT2D eigenvalue weighted by Gasteiger charge is -2.36. The molecule has 3 rings (SSSR count). The Morgan fingerprint density at radius 3 is 2.50 bits per heavy atom. The highest BCUT2D eigenvalue weighted by molar-refractivity contribution is 5.90. The first-order valence-corrected chi connectivity index (χ1v) is 7.87. The highest BCUT2D eigenvalue weighted by Gasteiger charge is 2.25. The minimum absolute atomic E-state index is 0.0802. The highest BCUT2D eigenvalue weighted by Crippen LogP contribution is 2.27. The molecule has 1 aliphatic rings. The summed E-state index contributed by atoms with van der Waals surface area (Å²) in [5.41, 5.74) is 2.41. The molecule has 24 heavy (non-hydrogen) atoms. The van der Waals surface area contributed by atoms with Crippen molar-refractivity contribution in [2.45, 2.75) is 26.1 Å². The van der Waals surface area contributed by atoms with Crippen molar-refractivity contribution in [2.75, 3.05) is 18.0 Å². The Balaban J connectivity index is 1.99. The first-order chi connectivity index (χ1) is 11.6. The number of pyridine rings is 2. The van der Waals surface area contributed by atoms with E-state index < -0.39 is 0 Å². The molecule has 2 aromatic heterocycles. The smallest absolute Gasteiger partial charge is 0.153 e. The molecule has 6 heteroatoms. The first kappa shape index (κ1) is 16.3. The number of ether oxygens (including phenoxy) is 1. The molecule has 1 saturated heterocycles. The van der Waals surface area contributed by atoms with Crippen LogP contribution in [0.4, 0.5) is 5.82 Å². The van der Waals surface area contributed by atoms with Gasteiger partial charge in [-0.2, -0.15) is 0 Å². The molecule has 0 saturated carbocycles. The summed E-state index contributed by atoms with van der Waals surface area (Å²) in [5.74, 6) is 0.650. The van der Waals surface area contributed by atoms with Crippen LogP contribution < -0.4 is 4.90 Å². The van der Waals surface area contributed by atoms with Crippen LogP contribution in [-0.4, -0.2) is 47.8 Å². The summed E-state index contributed by atoms with van der Waals surface area (Å²) in [5, 5.41) is 0. The van der Waals surface area contributed by atoms with Crippen molar-refractivity contribution < 1.29 is 14.3 Å². The predicted octanol–water partition coefficient (Wildman–Crippen LogP) is 2.38. The van der Waals surface area contributed by atoms with Crippen molar-refractivity contribution in [3.05, 3.63) is 41.9 Å². The van der Waals surface area contributed by atoms with E-state index in [1.165, 1.54) is 6.20 Å². The van der Waals surface area contributed by atoms with Crippen LogP contribution in [0.25, 0.3) is 11.1 Å². The van der Waals surface area contributed by atoms with Gasteiger partial charge in [0, 0.05) is 42.8 Å². The average molecular weight is 325 g/mol. The van der Waals surface area contributed by atoms with Crippen molar-refractivity contribution >= 4 is 18.4 Å². The molecule has 0 aromatic carbocycles. The number of aromatic nitrogens is 2. The second kappa shape index (κ2) is 6.88. The van der Waals surface area contributed by atoms with Gasteiger partial charge in [-0.15, -0.1) is 0 Å². The number of carbonyl (C=O) groups excluding carboxylic acids is 2. The van der Waals surface area contributed by atoms with E-state index in [0.29, 0.717) is 35.6 Å². The van der Waals surface area contributed by atoms with Gasteiger partial charge in [0.1, 0.15) is 5.82 Å². The van der Waals surface area contributed by atoms with Gasteiger partial charge >= 0.3 is 0 Å². The van der Waals surface area contributed by atoms with Gasteiger partial charge in [-0.05, 0) is 31.5 Å². The van der Waals surface area contributed by atoms with Crippen LogP contribution in [0.5, 0.6) is 0 Å². The molecule has 3 heterocycles. The van der Waals surface area contributed by atoms with Crippen LogP contribution in [0, 0.1) is 0 Å². The summed E-state index contributed by atoms with van der Waals surface area (Å²) in [6.45, 7) is 5.38. The minimum atomic E-state index is 0.0802. The molecule has 1 aliphatic heterocycles. The molecule has 0 aliphatic carbocycles. The maximum absolute atomic E-state index is 11.6. The zero-order valence-corrected chi connectivity index (χ0v) is 13.7. The normalized spacial score (nSPS) is 20.7. The summed E-state index contributed by atoms with van der Waals surface area (Å²) < 4.78 is 5.73. The molecule has 0 spiro atoms. The van der Waals surface area contributed by atoms with Crippen LogP contribution in [0.15, 0.2) is 30.7 Å². The molecule has 0 amide bonds. The van der Waals surface area contributed by atoms with E-state index in [9.17, 15) is 9.59 Å². The third kappa shape index (κ3) is 3.19. The van der Waals surface area contributed by atoms with E-state index >= 15 is 0 Å². The van der Waals surface area contributed by atoms with Gasteiger partial charge in [0.2, 0.25) is 0 Å². The van der Waals surface area contributed by atoms with E-state index in [4.69, 9.17) is 4.74 Å². The van der Waals surface area contributed by atoms with Gasteiger partial charge in [0.15, 0.2) is 12.6 Å². The lowest BCUT2D eigenvalue weighted by molar-refractivity contribution is -0.00549. The Morgan fingerprint density at radius 2 is 1.83 bits per heavy atom. The number of hydrogen-bond acceptors (Lipinski definition) is 6. The molecule has 2 aromatic rings. The summed E-state index contributed by atoms with van der Waals surface area (Å²) in [7, 11) is 0. The van der Waals surface area contributed by atoms with E-state index in [1.54, 1.807) is 24.5 Å². The van der Waals surface area contributed by atoms with E-state index in [0.717, 1.165) is 18.1 Å². The number of rotatable bonds is 4. The third-order valence-corrected chi connectivity index (χ3v) is 4.03. The lowest BCUT2D eigenvalue weighted by Crippen LogP contribution is -2.46. The lowest BCUT2D eigenvalue weighted by atomic mass is 10.0. The van der Waals surface area contributed by atoms with Gasteiger partial charge in [0.25, 0.3) is 0 Å². The van der Waals surface area contributed by atoms with Crippen molar-refractivity contribution in [1.82, 2.24) is 9.97 Å². The van der Waals surface area contributed by atoms with Gasteiger partial charge in [-0.3, -0.25) is 14.6 Å². The SMILES string of the molecule is CC1CN(c2ncc(-c3ccncc3C=O)cc2C=O)CC(C)O1. The Kier molecular flexibility index (Phi) is 4.66. The van der Waals surface area contributed by atoms with Crippen molar-refractivity contribution in [1.29, 1.82) is 0 Å². The topological polar surface area (TPSA) is 72.4 Å². The molecule has 0 radical (unpaired) electrons. The maximum atomic E-state index is 11.6. The number of carbonyl (C=O) groups is 2. The predicted molar refractivity (Wildman–Crippen MR) is 90.5 cm³/mol. The number of morpholine rings is 1. The Hall–Kier alpha value is -2.60. The largest absolute Gasteiger partial charge is 0.372 e. The Bertz CT molecular complexity index is 753. The summed E-state index contributed by atoms with van der Waals surface area (Å²) in [6, 6.07) is 3.51. The minimum Gasteiger partial charge on any atom is -0.372 e. The molecule has 0 bridgehead atoms. The quantitative estimate of drug-likeness (QED) is 0.804. The Morgan fingerprint density at radius 1 is 1.12 bits per heavy atom. The monoisotopic (exact) mass is 325 g/mol. The number of nitrogens with zero attached hydrogens (tertiary/aromatic N) is 3. The van der Waals surface area contributed by atoms with Gasteiger partial charge in [-0.25, -0.2) is 4.98 Å². The third-order valence-electron chi connectivity index (χ3n) is 4.03. The summed E-state index contributed by atoms with van der Waals surface area (Å²) in [6.07, 6.45) is 6.52. The van der Waals surface area contributed by atoms with Crippen LogP contribution in [0.1, 0.15) is 34.6 Å². The van der Waals surface area contributed by atoms with E-state index in [-0.39, 0.29) is 12.2 Å². The molecule has 1 fully saturated rings. The van der Waals surface area contributed by atoms with Gasteiger partial charge in [0.05, 0.1) is 17.8 Å². The van der Waals surface area contributed by atoms with E-state index in [2.05, 4.69) is 14.9 Å². The zero-order chi connectivity index (χ0) is 17.1. The fourth-order valence-electron chi connectivity index (χ4n) is 3.09. The molecular weight excluding hydrogens is 306 g/mol.